The van der Waals surface area contributed by atoms with Crippen LogP contribution in [-0.4, -0.2) is 121 Å². The Labute approximate surface area is 492 Å². The number of rotatable bonds is 25. The van der Waals surface area contributed by atoms with Gasteiger partial charge < -0.3 is 54.0 Å². The Balaban J connectivity index is -0.000000361. The Bertz CT molecular complexity index is 2220. The average Bonchev–Trinajstić information content (AvgIpc) is 3.44. The lowest BCUT2D eigenvalue weighted by Gasteiger charge is -2.24. The molecule has 1 aliphatic rings. The molecule has 4 unspecified atom stereocenters. The van der Waals surface area contributed by atoms with Crippen molar-refractivity contribution in [1.82, 2.24) is 20.2 Å². The van der Waals surface area contributed by atoms with E-state index in [-0.39, 0.29) is 31.7 Å². The van der Waals surface area contributed by atoms with Crippen LogP contribution in [0.5, 0.6) is 0 Å². The van der Waals surface area contributed by atoms with Crippen molar-refractivity contribution >= 4 is 67.6 Å². The zero-order valence-corrected chi connectivity index (χ0v) is 53.1. The number of H-pyrrole nitrogens is 1. The maximum Gasteiger partial charge on any atom is 0.510 e. The number of ether oxygens (including phenoxy) is 7. The number of carbonyl (C=O) groups excluding carboxylic acids is 4. The molecule has 2 amide bonds. The molecule has 474 valence electrons. The largest absolute Gasteiger partial charge is 0.510 e. The standard InChI is InChI=1S/C20H33N2O13P.C13H19NO4.C13H17NO4.3C2H6.CH3F.H2S2/c1-7-16(35-15(6)22-9-8-17(23)21-18(22)24)10-30-36(27,31-11-28-19(25)33-13(2)3)32-12-29-20(26)34-14(4)5;2*1-9(2)11(12(15)16)14-13(17)18-8-10-6-4-3-5-7-10;5*1-2/h8-9,13-16H,7,10-12H2,1-6H3,(H,21,23,24);4,6-7,9,11H,3,5,8H2,1-2H3,(H,14,17)(H,15,16);3-7,9,11H,8H2,1-2H3,(H,14,17)(H,15,16);3*1-2H3;1H3;1-2H. The monoisotopic (exact) mass is 1230 g/mol. The van der Waals surface area contributed by atoms with Crippen LogP contribution in [-0.2, 0) is 67.5 Å². The SMILES string of the molecule is CC.CC.CC.CC(C)C(NC(=O)OCC1=CCCC=C1)C(=O)O.CC(C)C(NC(=O)OCc1ccccc1)C(=O)O.CCC(COP(=O)(OCOC(=O)OC(C)C)OCOC(=O)OC(C)C)OC(C)n1ccc(=O)[nH]c1=O.CF.SS. The smallest absolute Gasteiger partial charge is 0.480 e. The van der Waals surface area contributed by atoms with Crippen LogP contribution in [0.15, 0.2) is 76.0 Å². The van der Waals surface area contributed by atoms with Crippen molar-refractivity contribution in [3.63, 3.8) is 0 Å². The predicted octanol–water partition coefficient (Wildman–Crippen LogP) is 11.6. The molecular weight excluding hydrogens is 1140 g/mol. The van der Waals surface area contributed by atoms with Gasteiger partial charge in [-0.15, -0.1) is 23.3 Å². The topological polar surface area (TPSA) is 331 Å². The van der Waals surface area contributed by atoms with Gasteiger partial charge in [-0.2, -0.15) is 0 Å². The second-order valence-electron chi connectivity index (χ2n) is 16.4. The first-order valence-corrected chi connectivity index (χ1v) is 29.4. The first-order valence-electron chi connectivity index (χ1n) is 26.3. The van der Waals surface area contributed by atoms with Gasteiger partial charge in [-0.05, 0) is 76.9 Å². The van der Waals surface area contributed by atoms with E-state index in [2.05, 4.69) is 48.4 Å². The van der Waals surface area contributed by atoms with Gasteiger partial charge in [0, 0.05) is 12.3 Å². The van der Waals surface area contributed by atoms with Crippen LogP contribution in [0.1, 0.15) is 142 Å². The highest BCUT2D eigenvalue weighted by Crippen LogP contribution is 2.49. The number of amides is 2. The summed E-state index contributed by atoms with van der Waals surface area (Å²) >= 11 is 6.44. The summed E-state index contributed by atoms with van der Waals surface area (Å²) in [7, 11) is -3.96. The molecule has 0 spiro atoms. The molecule has 2 aromatic rings. The summed E-state index contributed by atoms with van der Waals surface area (Å²) in [5, 5.41) is 22.5. The number of phosphoric acid groups is 1. The highest BCUT2D eigenvalue weighted by molar-refractivity contribution is 8.59. The Morgan fingerprint density at radius 3 is 1.51 bits per heavy atom. The van der Waals surface area contributed by atoms with Gasteiger partial charge in [0.15, 0.2) is 0 Å². The number of allylic oxidation sites excluding steroid dienone is 2. The molecule has 0 radical (unpaired) electrons. The summed E-state index contributed by atoms with van der Waals surface area (Å²) in [5.41, 5.74) is 0.545. The van der Waals surface area contributed by atoms with Crippen molar-refractivity contribution in [3.05, 3.63) is 92.8 Å². The van der Waals surface area contributed by atoms with Gasteiger partial charge in [-0.3, -0.25) is 23.3 Å². The van der Waals surface area contributed by atoms with Crippen LogP contribution in [0.3, 0.4) is 0 Å². The Kier molecular flexibility index (Phi) is 55.0. The molecular formula is C53H92FN4O21PS2. The fraction of sp³-hybridized carbons (Fsp3) is 0.623. The fourth-order valence-electron chi connectivity index (χ4n) is 5.34. The number of carboxylic acid groups (broad SMARTS) is 2. The summed E-state index contributed by atoms with van der Waals surface area (Å²) in [6.45, 7) is 26.8. The van der Waals surface area contributed by atoms with Crippen molar-refractivity contribution < 1.29 is 94.7 Å². The molecule has 5 N–H and O–H groups in total. The molecule has 0 bridgehead atoms. The number of carbonyl (C=O) groups is 6. The van der Waals surface area contributed by atoms with Crippen LogP contribution in [0, 0.1) is 11.8 Å². The van der Waals surface area contributed by atoms with Crippen LogP contribution in [0.25, 0.3) is 0 Å². The van der Waals surface area contributed by atoms with E-state index in [0.29, 0.717) is 13.6 Å². The molecule has 1 aromatic heterocycles. The summed E-state index contributed by atoms with van der Waals surface area (Å²) in [6.07, 6.45) is 3.43. The first kappa shape index (κ1) is 84.9. The third-order valence-corrected chi connectivity index (χ3v) is 10.3. The van der Waals surface area contributed by atoms with E-state index in [1.54, 1.807) is 69.2 Å². The summed E-state index contributed by atoms with van der Waals surface area (Å²) in [4.78, 5) is 93.0. The zero-order valence-electron chi connectivity index (χ0n) is 50.4. The molecule has 0 fully saturated rings. The van der Waals surface area contributed by atoms with Crippen LogP contribution in [0.4, 0.5) is 23.6 Å². The molecule has 0 saturated carbocycles. The molecule has 4 atom stereocenters. The van der Waals surface area contributed by atoms with E-state index < -0.39 is 106 Å². The van der Waals surface area contributed by atoms with Crippen LogP contribution in [0.2, 0.25) is 0 Å². The Hall–Kier alpha value is -5.90. The Morgan fingerprint density at radius 1 is 0.683 bits per heavy atom. The van der Waals surface area contributed by atoms with Crippen molar-refractivity contribution in [2.75, 3.05) is 34.0 Å². The predicted molar refractivity (Wildman–Crippen MR) is 314 cm³/mol. The number of hydrogen-bond donors (Lipinski definition) is 7. The maximum atomic E-state index is 13.0. The molecule has 3 rings (SSSR count). The minimum atomic E-state index is -4.46. The number of benzene rings is 1. The zero-order chi connectivity index (χ0) is 64.4. The number of halogens is 1. The van der Waals surface area contributed by atoms with E-state index in [0.717, 1.165) is 34.6 Å². The minimum Gasteiger partial charge on any atom is -0.480 e. The molecule has 82 heavy (non-hydrogen) atoms. The number of alkyl carbamates (subject to hydrolysis) is 2. The minimum absolute atomic E-state index is 0.122. The number of nitrogens with zero attached hydrogens (tertiary/aromatic N) is 1. The second kappa shape index (κ2) is 53.1. The van der Waals surface area contributed by atoms with Gasteiger partial charge in [-0.1, -0.05) is 125 Å². The van der Waals surface area contributed by atoms with Gasteiger partial charge >= 0.3 is 49.9 Å². The van der Waals surface area contributed by atoms with Crippen LogP contribution >= 0.6 is 31.1 Å². The summed E-state index contributed by atoms with van der Waals surface area (Å²) < 4.78 is 73.4. The van der Waals surface area contributed by atoms with Gasteiger partial charge in [-0.25, -0.2) is 47.2 Å². The van der Waals surface area contributed by atoms with Gasteiger partial charge in [0.05, 0.1) is 32.1 Å². The number of hydrogen-bond acceptors (Lipinski definition) is 21. The maximum absolute atomic E-state index is 13.0. The quantitative estimate of drug-likeness (QED) is 0.0121. The molecule has 1 aliphatic carbocycles. The van der Waals surface area contributed by atoms with E-state index in [1.165, 1.54) is 6.20 Å². The number of nitrogens with one attached hydrogen (secondary N) is 3. The van der Waals surface area contributed by atoms with Gasteiger partial charge in [0.25, 0.3) is 5.56 Å². The van der Waals surface area contributed by atoms with Crippen molar-refractivity contribution in [1.29, 1.82) is 0 Å². The van der Waals surface area contributed by atoms with Crippen LogP contribution < -0.4 is 21.9 Å². The highest BCUT2D eigenvalue weighted by Gasteiger charge is 2.31. The molecule has 25 nitrogen and oxygen atoms in total. The number of alkyl halides is 1. The second-order valence-corrected chi connectivity index (χ2v) is 18.1. The van der Waals surface area contributed by atoms with E-state index >= 15 is 0 Å². The normalized spacial score (nSPS) is 12.4. The van der Waals surface area contributed by atoms with E-state index in [4.69, 9.17) is 47.5 Å². The molecule has 1 heterocycles. The van der Waals surface area contributed by atoms with Crippen molar-refractivity contribution in [2.45, 2.75) is 173 Å². The highest BCUT2D eigenvalue weighted by atomic mass is 33.1. The third kappa shape index (κ3) is 43.8. The van der Waals surface area contributed by atoms with Gasteiger partial charge in [0.1, 0.15) is 31.5 Å². The third-order valence-electron chi connectivity index (χ3n) is 9.01. The lowest BCUT2D eigenvalue weighted by molar-refractivity contribution is -0.141. The van der Waals surface area contributed by atoms with E-state index in [9.17, 15) is 47.3 Å². The molecule has 0 saturated heterocycles. The lowest BCUT2D eigenvalue weighted by Crippen LogP contribution is -2.44. The molecule has 1 aromatic carbocycles. The van der Waals surface area contributed by atoms with Gasteiger partial charge in [0.2, 0.25) is 13.6 Å². The fourth-order valence-corrected chi connectivity index (χ4v) is 6.28. The Morgan fingerprint density at radius 2 is 1.13 bits per heavy atom. The molecule has 0 aliphatic heterocycles. The summed E-state index contributed by atoms with van der Waals surface area (Å²) in [6, 6.07) is 8.48. The lowest BCUT2D eigenvalue weighted by atomic mass is 10.1. The van der Waals surface area contributed by atoms with Crippen molar-refractivity contribution in [2.24, 2.45) is 11.8 Å². The molecule has 29 heteroatoms. The number of aliphatic carboxylic acids is 2. The van der Waals surface area contributed by atoms with E-state index in [1.807, 2.05) is 90.1 Å². The number of aromatic amines is 1. The first-order chi connectivity index (χ1) is 38.9. The number of carboxylic acids is 2. The van der Waals surface area contributed by atoms with Crippen molar-refractivity contribution in [3.8, 4) is 0 Å². The number of aromatic nitrogens is 2. The summed E-state index contributed by atoms with van der Waals surface area (Å²) in [5.74, 6) is -2.52. The average molecular weight is 1240 g/mol. The number of phosphoric ester groups is 1. The number of thiol groups is 2.